The monoisotopic (exact) mass is 383 g/mol. The standard InChI is InChI=1S/C21H29N5O2/c1-16(27)25-10-3-4-18(15-25)21-23-22-20-9-11-24(12-13-26(20)21)14-17-5-7-19(28-2)8-6-17/h5-8,18H,3-4,9-15H2,1-2H3. The third-order valence-corrected chi connectivity index (χ3v) is 5.94. The van der Waals surface area contributed by atoms with Crippen molar-refractivity contribution in [3.05, 3.63) is 41.5 Å². The van der Waals surface area contributed by atoms with E-state index in [9.17, 15) is 4.79 Å². The summed E-state index contributed by atoms with van der Waals surface area (Å²) in [7, 11) is 1.69. The molecule has 1 unspecified atom stereocenters. The van der Waals surface area contributed by atoms with Gasteiger partial charge in [-0.05, 0) is 30.5 Å². The van der Waals surface area contributed by atoms with Gasteiger partial charge >= 0.3 is 0 Å². The molecule has 2 aliphatic heterocycles. The van der Waals surface area contributed by atoms with Gasteiger partial charge in [-0.3, -0.25) is 9.69 Å². The van der Waals surface area contributed by atoms with Gasteiger partial charge in [-0.2, -0.15) is 0 Å². The van der Waals surface area contributed by atoms with Crippen LogP contribution in [-0.4, -0.2) is 63.8 Å². The van der Waals surface area contributed by atoms with Gasteiger partial charge in [-0.15, -0.1) is 10.2 Å². The fraction of sp³-hybridized carbons (Fsp3) is 0.571. The number of carbonyl (C=O) groups excluding carboxylic acids is 1. The summed E-state index contributed by atoms with van der Waals surface area (Å²) < 4.78 is 7.56. The predicted molar refractivity (Wildman–Crippen MR) is 106 cm³/mol. The number of rotatable bonds is 4. The summed E-state index contributed by atoms with van der Waals surface area (Å²) in [6, 6.07) is 8.30. The number of hydrogen-bond donors (Lipinski definition) is 0. The summed E-state index contributed by atoms with van der Waals surface area (Å²) in [5.41, 5.74) is 1.29. The smallest absolute Gasteiger partial charge is 0.219 e. The second-order valence-electron chi connectivity index (χ2n) is 7.80. The number of aromatic nitrogens is 3. The molecule has 0 bridgehead atoms. The number of methoxy groups -OCH3 is 1. The van der Waals surface area contributed by atoms with Crippen molar-refractivity contribution in [1.82, 2.24) is 24.6 Å². The van der Waals surface area contributed by atoms with E-state index in [-0.39, 0.29) is 5.91 Å². The zero-order valence-corrected chi connectivity index (χ0v) is 16.8. The van der Waals surface area contributed by atoms with Gasteiger partial charge in [0.15, 0.2) is 0 Å². The molecule has 2 aromatic rings. The molecule has 0 radical (unpaired) electrons. The van der Waals surface area contributed by atoms with E-state index in [2.05, 4.69) is 31.8 Å². The Morgan fingerprint density at radius 3 is 2.71 bits per heavy atom. The van der Waals surface area contributed by atoms with Crippen molar-refractivity contribution >= 4 is 5.91 Å². The highest BCUT2D eigenvalue weighted by Crippen LogP contribution is 2.27. The molecule has 1 atom stereocenters. The van der Waals surface area contributed by atoms with Crippen LogP contribution in [0, 0.1) is 0 Å². The number of carbonyl (C=O) groups is 1. The number of fused-ring (bicyclic) bond motifs is 1. The van der Waals surface area contributed by atoms with Crippen molar-refractivity contribution in [1.29, 1.82) is 0 Å². The third-order valence-electron chi connectivity index (χ3n) is 5.94. The number of benzene rings is 1. The Hall–Kier alpha value is -2.41. The molecule has 4 rings (SSSR count). The van der Waals surface area contributed by atoms with Crippen LogP contribution in [0.15, 0.2) is 24.3 Å². The van der Waals surface area contributed by atoms with Crippen molar-refractivity contribution in [2.45, 2.75) is 45.2 Å². The van der Waals surface area contributed by atoms with E-state index in [1.165, 1.54) is 5.56 Å². The van der Waals surface area contributed by atoms with E-state index in [1.54, 1.807) is 14.0 Å². The Balaban J connectivity index is 1.42. The Labute approximate surface area is 166 Å². The molecule has 0 spiro atoms. The van der Waals surface area contributed by atoms with Crippen LogP contribution in [0.3, 0.4) is 0 Å². The van der Waals surface area contributed by atoms with Crippen molar-refractivity contribution in [2.24, 2.45) is 0 Å². The molecule has 1 aromatic heterocycles. The molecular weight excluding hydrogens is 354 g/mol. The first kappa shape index (κ1) is 18.9. The summed E-state index contributed by atoms with van der Waals surface area (Å²) in [6.45, 7) is 7.08. The van der Waals surface area contributed by atoms with Crippen LogP contribution in [0.4, 0.5) is 0 Å². The van der Waals surface area contributed by atoms with Crippen molar-refractivity contribution < 1.29 is 9.53 Å². The summed E-state index contributed by atoms with van der Waals surface area (Å²) >= 11 is 0. The number of hydrogen-bond acceptors (Lipinski definition) is 5. The van der Waals surface area contributed by atoms with Crippen LogP contribution in [0.5, 0.6) is 5.75 Å². The van der Waals surface area contributed by atoms with Crippen LogP contribution in [-0.2, 0) is 24.3 Å². The molecule has 0 saturated carbocycles. The quantitative estimate of drug-likeness (QED) is 0.809. The van der Waals surface area contributed by atoms with Gasteiger partial charge in [0.1, 0.15) is 17.4 Å². The van der Waals surface area contributed by atoms with Crippen molar-refractivity contribution in [3.8, 4) is 5.75 Å². The second-order valence-corrected chi connectivity index (χ2v) is 7.80. The van der Waals surface area contributed by atoms with Gasteiger partial charge < -0.3 is 14.2 Å². The molecule has 0 N–H and O–H groups in total. The maximum Gasteiger partial charge on any atom is 0.219 e. The number of piperidine rings is 1. The average molecular weight is 383 g/mol. The molecule has 1 amide bonds. The Bertz CT molecular complexity index is 817. The van der Waals surface area contributed by atoms with Crippen LogP contribution < -0.4 is 4.74 Å². The molecule has 0 aliphatic carbocycles. The molecule has 3 heterocycles. The van der Waals surface area contributed by atoms with E-state index >= 15 is 0 Å². The minimum atomic E-state index is 0.158. The molecule has 7 heteroatoms. The van der Waals surface area contributed by atoms with Crippen LogP contribution in [0.25, 0.3) is 0 Å². The highest BCUT2D eigenvalue weighted by Gasteiger charge is 2.29. The maximum atomic E-state index is 11.8. The summed E-state index contributed by atoms with van der Waals surface area (Å²) in [6.07, 6.45) is 3.03. The first-order valence-electron chi connectivity index (χ1n) is 10.2. The summed E-state index contributed by atoms with van der Waals surface area (Å²) in [4.78, 5) is 16.2. The average Bonchev–Trinajstić information content (AvgIpc) is 3.03. The summed E-state index contributed by atoms with van der Waals surface area (Å²) in [5.74, 6) is 3.49. The van der Waals surface area contributed by atoms with Crippen LogP contribution in [0.1, 0.15) is 42.9 Å². The van der Waals surface area contributed by atoms with Gasteiger partial charge in [-0.25, -0.2) is 0 Å². The zero-order chi connectivity index (χ0) is 19.5. The lowest BCUT2D eigenvalue weighted by Gasteiger charge is -2.31. The summed E-state index contributed by atoms with van der Waals surface area (Å²) in [5, 5.41) is 9.02. The predicted octanol–water partition coefficient (Wildman–Crippen LogP) is 2.07. The SMILES string of the molecule is COc1ccc(CN2CCc3nnc(C4CCCN(C(C)=O)C4)n3CC2)cc1. The van der Waals surface area contributed by atoms with E-state index in [0.717, 1.165) is 75.9 Å². The molecule has 1 saturated heterocycles. The highest BCUT2D eigenvalue weighted by atomic mass is 16.5. The number of amides is 1. The maximum absolute atomic E-state index is 11.8. The van der Waals surface area contributed by atoms with Gasteiger partial charge in [0.25, 0.3) is 0 Å². The first-order chi connectivity index (χ1) is 13.6. The number of likely N-dealkylation sites (tertiary alicyclic amines) is 1. The first-order valence-corrected chi connectivity index (χ1v) is 10.2. The van der Waals surface area contributed by atoms with E-state index in [0.29, 0.717) is 5.92 Å². The highest BCUT2D eigenvalue weighted by molar-refractivity contribution is 5.73. The van der Waals surface area contributed by atoms with Gasteiger partial charge in [0.2, 0.25) is 5.91 Å². The van der Waals surface area contributed by atoms with E-state index in [4.69, 9.17) is 4.74 Å². The van der Waals surface area contributed by atoms with Gasteiger partial charge in [0, 0.05) is 58.5 Å². The van der Waals surface area contributed by atoms with Crippen molar-refractivity contribution in [3.63, 3.8) is 0 Å². The normalized spacial score (nSPS) is 20.5. The minimum absolute atomic E-state index is 0.158. The van der Waals surface area contributed by atoms with E-state index in [1.807, 2.05) is 17.0 Å². The Kier molecular flexibility index (Phi) is 5.62. The lowest BCUT2D eigenvalue weighted by molar-refractivity contribution is -0.130. The van der Waals surface area contributed by atoms with Gasteiger partial charge in [0.05, 0.1) is 7.11 Å². The van der Waals surface area contributed by atoms with Crippen molar-refractivity contribution in [2.75, 3.05) is 33.3 Å². The molecule has 1 aromatic carbocycles. The number of nitrogens with zero attached hydrogens (tertiary/aromatic N) is 5. The van der Waals surface area contributed by atoms with Crippen LogP contribution >= 0.6 is 0 Å². The third kappa shape index (κ3) is 4.04. The molecule has 2 aliphatic rings. The lowest BCUT2D eigenvalue weighted by Crippen LogP contribution is -2.38. The van der Waals surface area contributed by atoms with E-state index < -0.39 is 0 Å². The Morgan fingerprint density at radius 2 is 1.96 bits per heavy atom. The Morgan fingerprint density at radius 1 is 1.14 bits per heavy atom. The molecule has 1 fully saturated rings. The minimum Gasteiger partial charge on any atom is -0.497 e. The fourth-order valence-corrected chi connectivity index (χ4v) is 4.31. The fourth-order valence-electron chi connectivity index (χ4n) is 4.31. The lowest BCUT2D eigenvalue weighted by atomic mass is 9.97. The number of ether oxygens (including phenoxy) is 1. The molecule has 150 valence electrons. The molecule has 7 nitrogen and oxygen atoms in total. The molecular formula is C21H29N5O2. The van der Waals surface area contributed by atoms with Crippen LogP contribution in [0.2, 0.25) is 0 Å². The zero-order valence-electron chi connectivity index (χ0n) is 16.8. The molecule has 28 heavy (non-hydrogen) atoms. The topological polar surface area (TPSA) is 63.5 Å². The van der Waals surface area contributed by atoms with Gasteiger partial charge in [-0.1, -0.05) is 12.1 Å². The second kappa shape index (κ2) is 8.31. The largest absolute Gasteiger partial charge is 0.497 e.